The Kier molecular flexibility index (Phi) is 5.25. The van der Waals surface area contributed by atoms with E-state index in [0.29, 0.717) is 23.9 Å². The van der Waals surface area contributed by atoms with Crippen molar-refractivity contribution in [1.82, 2.24) is 10.2 Å². The van der Waals surface area contributed by atoms with Gasteiger partial charge in [-0.1, -0.05) is 50.3 Å². The average molecular weight is 367 g/mol. The van der Waals surface area contributed by atoms with E-state index in [4.69, 9.17) is 9.15 Å². The number of rotatable bonds is 6. The molecule has 0 aliphatic heterocycles. The number of nitrogens with one attached hydrogen (secondary N) is 2. The number of anilines is 1. The van der Waals surface area contributed by atoms with Crippen molar-refractivity contribution >= 4 is 22.7 Å². The molecule has 1 fully saturated rings. The molecule has 3 aromatic rings. The summed E-state index contributed by atoms with van der Waals surface area (Å²) >= 11 is 0. The Bertz CT molecular complexity index is 922. The van der Waals surface area contributed by atoms with Gasteiger partial charge in [-0.3, -0.25) is 9.89 Å². The predicted octanol–water partition coefficient (Wildman–Crippen LogP) is 4.68. The van der Waals surface area contributed by atoms with Gasteiger partial charge in [0.1, 0.15) is 5.58 Å². The van der Waals surface area contributed by atoms with E-state index in [1.807, 2.05) is 30.3 Å². The molecule has 2 aromatic heterocycles. The number of H-pyrrole nitrogens is 1. The van der Waals surface area contributed by atoms with Crippen LogP contribution in [0.1, 0.15) is 53.9 Å². The number of hydrogen-bond donors (Lipinski definition) is 2. The summed E-state index contributed by atoms with van der Waals surface area (Å²) in [6.45, 7) is 0.313. The molecule has 1 aliphatic rings. The summed E-state index contributed by atoms with van der Waals surface area (Å²) in [7, 11) is 1.61. The van der Waals surface area contributed by atoms with Crippen molar-refractivity contribution in [3.63, 3.8) is 0 Å². The number of hydrogen-bond acceptors (Lipinski definition) is 4. The molecular weight excluding hydrogens is 342 g/mol. The maximum absolute atomic E-state index is 12.8. The molecule has 1 aliphatic carbocycles. The van der Waals surface area contributed by atoms with Gasteiger partial charge in [0.05, 0.1) is 6.61 Å². The zero-order chi connectivity index (χ0) is 18.6. The number of ether oxygens (including phenoxy) is 1. The van der Waals surface area contributed by atoms with Crippen molar-refractivity contribution in [2.24, 2.45) is 5.92 Å². The molecule has 6 nitrogen and oxygen atoms in total. The van der Waals surface area contributed by atoms with E-state index in [-0.39, 0.29) is 11.7 Å². The van der Waals surface area contributed by atoms with Gasteiger partial charge in [-0.2, -0.15) is 5.10 Å². The van der Waals surface area contributed by atoms with Gasteiger partial charge in [0, 0.05) is 29.8 Å². The van der Waals surface area contributed by atoms with Crippen LogP contribution in [0.15, 0.2) is 34.7 Å². The van der Waals surface area contributed by atoms with Crippen LogP contribution in [-0.4, -0.2) is 23.2 Å². The van der Waals surface area contributed by atoms with Crippen molar-refractivity contribution in [3.05, 3.63) is 47.3 Å². The first-order valence-electron chi connectivity index (χ1n) is 9.59. The third-order valence-electron chi connectivity index (χ3n) is 5.30. The topological polar surface area (TPSA) is 80.1 Å². The van der Waals surface area contributed by atoms with Crippen LogP contribution in [0.25, 0.3) is 11.0 Å². The van der Waals surface area contributed by atoms with Crippen molar-refractivity contribution in [1.29, 1.82) is 0 Å². The van der Waals surface area contributed by atoms with E-state index < -0.39 is 0 Å². The number of nitrogens with zero attached hydrogens (tertiary/aromatic N) is 1. The lowest BCUT2D eigenvalue weighted by Crippen LogP contribution is -2.13. The molecule has 6 heteroatoms. The SMILES string of the molecule is COCc1c(C(=O)Nc2cc(CC3CCCCC3)[nH]n2)oc2ccccc12. The molecule has 1 saturated carbocycles. The van der Waals surface area contributed by atoms with Crippen LogP contribution in [0.5, 0.6) is 0 Å². The molecule has 4 rings (SSSR count). The van der Waals surface area contributed by atoms with Gasteiger partial charge in [0.2, 0.25) is 0 Å². The Hall–Kier alpha value is -2.60. The molecule has 0 unspecified atom stereocenters. The maximum Gasteiger partial charge on any atom is 0.292 e. The van der Waals surface area contributed by atoms with Crippen LogP contribution in [0.4, 0.5) is 5.82 Å². The largest absolute Gasteiger partial charge is 0.451 e. The predicted molar refractivity (Wildman–Crippen MR) is 104 cm³/mol. The smallest absolute Gasteiger partial charge is 0.292 e. The number of methoxy groups -OCH3 is 1. The number of aromatic amines is 1. The molecule has 1 amide bonds. The molecule has 2 heterocycles. The molecule has 0 radical (unpaired) electrons. The third-order valence-corrected chi connectivity index (χ3v) is 5.30. The first kappa shape index (κ1) is 17.8. The van der Waals surface area contributed by atoms with Gasteiger partial charge in [-0.15, -0.1) is 0 Å². The number of furan rings is 1. The fraction of sp³-hybridized carbons (Fsp3) is 0.429. The third kappa shape index (κ3) is 3.90. The first-order chi connectivity index (χ1) is 13.2. The van der Waals surface area contributed by atoms with E-state index in [2.05, 4.69) is 15.5 Å². The Morgan fingerprint density at radius 1 is 1.30 bits per heavy atom. The van der Waals surface area contributed by atoms with E-state index in [1.54, 1.807) is 7.11 Å². The van der Waals surface area contributed by atoms with Gasteiger partial charge in [-0.25, -0.2) is 0 Å². The van der Waals surface area contributed by atoms with E-state index in [1.165, 1.54) is 32.1 Å². The summed E-state index contributed by atoms with van der Waals surface area (Å²) < 4.78 is 11.0. The van der Waals surface area contributed by atoms with Gasteiger partial charge in [-0.05, 0) is 18.4 Å². The lowest BCUT2D eigenvalue weighted by Gasteiger charge is -2.20. The molecule has 142 valence electrons. The van der Waals surface area contributed by atoms with Crippen molar-refractivity contribution in [3.8, 4) is 0 Å². The number of aromatic nitrogens is 2. The summed E-state index contributed by atoms with van der Waals surface area (Å²) in [5.41, 5.74) is 2.50. The molecule has 27 heavy (non-hydrogen) atoms. The maximum atomic E-state index is 12.8. The second-order valence-corrected chi connectivity index (χ2v) is 7.28. The zero-order valence-electron chi connectivity index (χ0n) is 15.6. The number of carbonyl (C=O) groups is 1. The second-order valence-electron chi connectivity index (χ2n) is 7.28. The van der Waals surface area contributed by atoms with Gasteiger partial charge in [0.25, 0.3) is 5.91 Å². The summed E-state index contributed by atoms with van der Waals surface area (Å²) in [5.74, 6) is 1.20. The monoisotopic (exact) mass is 367 g/mol. The molecule has 0 atom stereocenters. The highest BCUT2D eigenvalue weighted by molar-refractivity contribution is 6.06. The van der Waals surface area contributed by atoms with E-state index in [0.717, 1.165) is 23.1 Å². The first-order valence-corrected chi connectivity index (χ1v) is 9.59. The van der Waals surface area contributed by atoms with Crippen LogP contribution in [-0.2, 0) is 17.8 Å². The standard InChI is InChI=1S/C21H25N3O3/c1-26-13-17-16-9-5-6-10-18(16)27-20(17)21(25)22-19-12-15(23-24-19)11-14-7-3-2-4-8-14/h5-6,9-10,12,14H,2-4,7-8,11,13H2,1H3,(H2,22,23,24,25). The molecule has 0 saturated heterocycles. The minimum absolute atomic E-state index is 0.273. The molecular formula is C21H25N3O3. The molecule has 0 bridgehead atoms. The normalized spacial score (nSPS) is 15.3. The highest BCUT2D eigenvalue weighted by atomic mass is 16.5. The number of amides is 1. The molecule has 0 spiro atoms. The molecule has 2 N–H and O–H groups in total. The van der Waals surface area contributed by atoms with Crippen molar-refractivity contribution < 1.29 is 13.9 Å². The van der Waals surface area contributed by atoms with Gasteiger partial charge < -0.3 is 14.5 Å². The summed E-state index contributed by atoms with van der Waals surface area (Å²) in [6, 6.07) is 9.51. The van der Waals surface area contributed by atoms with Gasteiger partial charge in [0.15, 0.2) is 11.6 Å². The fourth-order valence-corrected chi connectivity index (χ4v) is 3.98. The number of benzene rings is 1. The van der Waals surface area contributed by atoms with Crippen LogP contribution in [0.3, 0.4) is 0 Å². The van der Waals surface area contributed by atoms with Crippen LogP contribution in [0.2, 0.25) is 0 Å². The zero-order valence-corrected chi connectivity index (χ0v) is 15.6. The summed E-state index contributed by atoms with van der Waals surface area (Å²) in [6.07, 6.45) is 7.53. The average Bonchev–Trinajstić information content (AvgIpc) is 3.28. The second kappa shape index (κ2) is 7.96. The Balaban J connectivity index is 1.49. The van der Waals surface area contributed by atoms with E-state index >= 15 is 0 Å². The fourth-order valence-electron chi connectivity index (χ4n) is 3.98. The van der Waals surface area contributed by atoms with Crippen LogP contribution >= 0.6 is 0 Å². The Morgan fingerprint density at radius 3 is 2.93 bits per heavy atom. The van der Waals surface area contributed by atoms with E-state index in [9.17, 15) is 4.79 Å². The minimum atomic E-state index is -0.311. The Morgan fingerprint density at radius 2 is 2.11 bits per heavy atom. The minimum Gasteiger partial charge on any atom is -0.451 e. The lowest BCUT2D eigenvalue weighted by atomic mass is 9.86. The van der Waals surface area contributed by atoms with Crippen molar-refractivity contribution in [2.75, 3.05) is 12.4 Å². The number of carbonyl (C=O) groups excluding carboxylic acids is 1. The quantitative estimate of drug-likeness (QED) is 0.663. The van der Waals surface area contributed by atoms with Crippen LogP contribution < -0.4 is 5.32 Å². The summed E-state index contributed by atoms with van der Waals surface area (Å²) in [4.78, 5) is 12.8. The number of para-hydroxylation sites is 1. The summed E-state index contributed by atoms with van der Waals surface area (Å²) in [5, 5.41) is 11.0. The van der Waals surface area contributed by atoms with Crippen LogP contribution in [0, 0.1) is 5.92 Å². The molecule has 1 aromatic carbocycles. The number of fused-ring (bicyclic) bond motifs is 1. The highest BCUT2D eigenvalue weighted by Gasteiger charge is 2.21. The Labute approximate surface area is 158 Å². The van der Waals surface area contributed by atoms with Crippen molar-refractivity contribution in [2.45, 2.75) is 45.1 Å². The van der Waals surface area contributed by atoms with Gasteiger partial charge >= 0.3 is 0 Å². The highest BCUT2D eigenvalue weighted by Crippen LogP contribution is 2.28. The lowest BCUT2D eigenvalue weighted by molar-refractivity contribution is 0.0991.